The van der Waals surface area contributed by atoms with Crippen LogP contribution in [0.4, 0.5) is 4.39 Å². The second-order valence-electron chi connectivity index (χ2n) is 10.6. The van der Waals surface area contributed by atoms with Crippen molar-refractivity contribution in [2.45, 2.75) is 57.5 Å². The summed E-state index contributed by atoms with van der Waals surface area (Å²) in [7, 11) is 2.09. The number of hydrogen-bond donors (Lipinski definition) is 1. The van der Waals surface area contributed by atoms with E-state index in [1.165, 1.54) is 0 Å². The topological polar surface area (TPSA) is 67.6 Å². The molecule has 0 bridgehead atoms. The van der Waals surface area contributed by atoms with Gasteiger partial charge < -0.3 is 19.3 Å². The lowest BCUT2D eigenvalue weighted by molar-refractivity contribution is 0.0697. The van der Waals surface area contributed by atoms with Crippen LogP contribution in [0.25, 0.3) is 22.2 Å². The number of carbonyl (C=O) groups is 1. The lowest BCUT2D eigenvalue weighted by Crippen LogP contribution is -2.26. The van der Waals surface area contributed by atoms with Gasteiger partial charge in [-0.15, -0.1) is 0 Å². The summed E-state index contributed by atoms with van der Waals surface area (Å²) in [6.07, 6.45) is 5.92. The molecule has 2 aromatic carbocycles. The average molecular weight is 514 g/mol. The normalized spacial score (nSPS) is 19.8. The molecule has 0 saturated heterocycles. The maximum Gasteiger partial charge on any atom is 0.335 e. The SMILES string of the molecule is CN1CCn2c(c([C@H]3CCCC[C@@H]3F)c3ccc(C(=O)O)cc32)-c2ccc(OCc3cccnc3)cc2C1. The molecular weight excluding hydrogens is 481 g/mol. The number of aromatic carboxylic acids is 1. The zero-order valence-corrected chi connectivity index (χ0v) is 21.6. The van der Waals surface area contributed by atoms with Crippen LogP contribution in [-0.2, 0) is 19.7 Å². The summed E-state index contributed by atoms with van der Waals surface area (Å²) >= 11 is 0. The van der Waals surface area contributed by atoms with E-state index in [1.54, 1.807) is 24.5 Å². The number of likely N-dealkylation sites (N-methyl/N-ethyl adjacent to an activating group) is 1. The zero-order valence-electron chi connectivity index (χ0n) is 21.6. The number of carboxylic acids is 1. The molecule has 1 fully saturated rings. The van der Waals surface area contributed by atoms with Crippen molar-refractivity contribution in [3.63, 3.8) is 0 Å². The summed E-state index contributed by atoms with van der Waals surface area (Å²) in [6.45, 7) is 2.66. The van der Waals surface area contributed by atoms with Gasteiger partial charge in [-0.05, 0) is 67.4 Å². The first-order valence-corrected chi connectivity index (χ1v) is 13.4. The minimum atomic E-state index is -0.955. The predicted octanol–water partition coefficient (Wildman–Crippen LogP) is 6.42. The van der Waals surface area contributed by atoms with Crippen LogP contribution < -0.4 is 4.74 Å². The van der Waals surface area contributed by atoms with Gasteiger partial charge in [-0.2, -0.15) is 0 Å². The Hall–Kier alpha value is -3.71. The van der Waals surface area contributed by atoms with Crippen molar-refractivity contribution in [3.8, 4) is 17.0 Å². The molecule has 2 aliphatic rings. The second kappa shape index (κ2) is 10.2. The van der Waals surface area contributed by atoms with Crippen molar-refractivity contribution >= 4 is 16.9 Å². The van der Waals surface area contributed by atoms with Crippen LogP contribution in [0, 0.1) is 0 Å². The summed E-state index contributed by atoms with van der Waals surface area (Å²) in [6, 6.07) is 15.4. The predicted molar refractivity (Wildman–Crippen MR) is 145 cm³/mol. The van der Waals surface area contributed by atoms with Gasteiger partial charge >= 0.3 is 5.97 Å². The molecule has 1 saturated carbocycles. The summed E-state index contributed by atoms with van der Waals surface area (Å²) < 4.78 is 23.9. The van der Waals surface area contributed by atoms with Crippen LogP contribution in [-0.4, -0.2) is 45.3 Å². The van der Waals surface area contributed by atoms with Crippen molar-refractivity contribution in [3.05, 3.63) is 83.2 Å². The number of carboxylic acid groups (broad SMARTS) is 1. The number of alkyl halides is 1. The van der Waals surface area contributed by atoms with E-state index in [9.17, 15) is 9.90 Å². The van der Waals surface area contributed by atoms with Crippen LogP contribution >= 0.6 is 0 Å². The third-order valence-electron chi connectivity index (χ3n) is 8.01. The van der Waals surface area contributed by atoms with E-state index in [-0.39, 0.29) is 11.5 Å². The summed E-state index contributed by atoms with van der Waals surface area (Å²) in [5.41, 5.74) is 6.35. The quantitative estimate of drug-likeness (QED) is 0.334. The maximum absolute atomic E-state index is 15.5. The Morgan fingerprint density at radius 1 is 1.13 bits per heavy atom. The van der Waals surface area contributed by atoms with Crippen molar-refractivity contribution < 1.29 is 19.0 Å². The standard InChI is InChI=1S/C31H32FN3O3/c1-34-13-14-35-28-16-21(31(36)37)8-10-26(28)29(25-6-2-3-7-27(25)32)30(35)24-11-9-23(15-22(24)18-34)38-19-20-5-4-12-33-17-20/h4-5,8-12,15-17,25,27H,2-3,6-7,13-14,18-19H2,1H3,(H,36,37)/t25-,27-/m0/s1. The number of nitrogens with zero attached hydrogens (tertiary/aromatic N) is 3. The molecule has 38 heavy (non-hydrogen) atoms. The Balaban J connectivity index is 1.52. The Morgan fingerprint density at radius 2 is 2.00 bits per heavy atom. The molecule has 0 spiro atoms. The summed E-state index contributed by atoms with van der Waals surface area (Å²) in [4.78, 5) is 18.3. The number of rotatable bonds is 5. The van der Waals surface area contributed by atoms with Crippen LogP contribution in [0.1, 0.15) is 58.6 Å². The van der Waals surface area contributed by atoms with Crippen molar-refractivity contribution in [2.24, 2.45) is 0 Å². The first-order valence-electron chi connectivity index (χ1n) is 13.4. The fraction of sp³-hybridized carbons (Fsp3) is 0.355. The first kappa shape index (κ1) is 24.6. The Kier molecular flexibility index (Phi) is 6.62. The van der Waals surface area contributed by atoms with E-state index >= 15 is 4.39 Å². The van der Waals surface area contributed by atoms with E-state index in [2.05, 4.69) is 33.6 Å². The molecule has 1 aliphatic heterocycles. The maximum atomic E-state index is 15.5. The van der Waals surface area contributed by atoms with Crippen molar-refractivity contribution in [1.29, 1.82) is 0 Å². The molecule has 7 heteroatoms. The minimum absolute atomic E-state index is 0.204. The van der Waals surface area contributed by atoms with Gasteiger partial charge in [-0.1, -0.05) is 25.0 Å². The molecule has 4 aromatic rings. The highest BCUT2D eigenvalue weighted by molar-refractivity contribution is 5.98. The number of pyridine rings is 1. The number of halogens is 1. The lowest BCUT2D eigenvalue weighted by atomic mass is 9.80. The fourth-order valence-corrected chi connectivity index (χ4v) is 6.13. The van der Waals surface area contributed by atoms with Gasteiger partial charge in [0.25, 0.3) is 0 Å². The number of ether oxygens (including phenoxy) is 1. The van der Waals surface area contributed by atoms with E-state index < -0.39 is 12.1 Å². The van der Waals surface area contributed by atoms with Gasteiger partial charge in [0.2, 0.25) is 0 Å². The number of benzene rings is 2. The molecule has 6 nitrogen and oxygen atoms in total. The van der Waals surface area contributed by atoms with E-state index in [4.69, 9.17) is 4.74 Å². The van der Waals surface area contributed by atoms with Crippen LogP contribution in [0.15, 0.2) is 60.9 Å². The van der Waals surface area contributed by atoms with Crippen molar-refractivity contribution in [2.75, 3.05) is 13.6 Å². The van der Waals surface area contributed by atoms with E-state index in [0.29, 0.717) is 19.6 Å². The monoisotopic (exact) mass is 513 g/mol. The molecule has 196 valence electrons. The van der Waals surface area contributed by atoms with Crippen LogP contribution in [0.2, 0.25) is 0 Å². The molecular formula is C31H32FN3O3. The van der Waals surface area contributed by atoms with Gasteiger partial charge in [-0.3, -0.25) is 4.98 Å². The van der Waals surface area contributed by atoms with Gasteiger partial charge in [0.15, 0.2) is 0 Å². The Bertz CT molecular complexity index is 1480. The lowest BCUT2D eigenvalue weighted by Gasteiger charge is -2.29. The van der Waals surface area contributed by atoms with Crippen LogP contribution in [0.5, 0.6) is 5.75 Å². The number of fused-ring (bicyclic) bond motifs is 5. The average Bonchev–Trinajstić information content (AvgIpc) is 3.23. The summed E-state index contributed by atoms with van der Waals surface area (Å²) in [5, 5.41) is 10.7. The molecule has 3 heterocycles. The number of aromatic nitrogens is 2. The third-order valence-corrected chi connectivity index (χ3v) is 8.01. The van der Waals surface area contributed by atoms with Crippen LogP contribution in [0.3, 0.4) is 0 Å². The highest BCUT2D eigenvalue weighted by Crippen LogP contribution is 2.47. The van der Waals surface area contributed by atoms with Gasteiger partial charge in [0, 0.05) is 60.0 Å². The molecule has 2 aromatic heterocycles. The highest BCUT2D eigenvalue weighted by atomic mass is 19.1. The minimum Gasteiger partial charge on any atom is -0.489 e. The first-order chi connectivity index (χ1) is 18.5. The second-order valence-corrected chi connectivity index (χ2v) is 10.6. The molecule has 0 amide bonds. The number of hydrogen-bond acceptors (Lipinski definition) is 4. The van der Waals surface area contributed by atoms with Crippen molar-refractivity contribution in [1.82, 2.24) is 14.5 Å². The zero-order chi connectivity index (χ0) is 26.2. The molecule has 1 aliphatic carbocycles. The van der Waals surface area contributed by atoms with Gasteiger partial charge in [0.05, 0.1) is 11.3 Å². The highest BCUT2D eigenvalue weighted by Gasteiger charge is 2.34. The Morgan fingerprint density at radius 3 is 2.79 bits per heavy atom. The summed E-state index contributed by atoms with van der Waals surface area (Å²) in [5.74, 6) is -0.381. The smallest absolute Gasteiger partial charge is 0.335 e. The van der Waals surface area contributed by atoms with E-state index in [0.717, 1.165) is 77.0 Å². The fourth-order valence-electron chi connectivity index (χ4n) is 6.13. The van der Waals surface area contributed by atoms with E-state index in [1.807, 2.05) is 24.3 Å². The molecule has 2 atom stereocenters. The largest absolute Gasteiger partial charge is 0.489 e. The van der Waals surface area contributed by atoms with Gasteiger partial charge in [-0.25, -0.2) is 9.18 Å². The third kappa shape index (κ3) is 4.56. The Labute approximate surface area is 221 Å². The molecule has 0 unspecified atom stereocenters. The molecule has 6 rings (SSSR count). The van der Waals surface area contributed by atoms with Gasteiger partial charge in [0.1, 0.15) is 18.5 Å². The molecule has 1 N–H and O–H groups in total. The molecule has 0 radical (unpaired) electrons.